The van der Waals surface area contributed by atoms with Gasteiger partial charge in [-0.2, -0.15) is 0 Å². The third-order valence-corrected chi connectivity index (χ3v) is 5.83. The van der Waals surface area contributed by atoms with Gasteiger partial charge in [-0.05, 0) is 49.9 Å². The molecule has 2 rings (SSSR count). The number of hydrogen-bond acceptors (Lipinski definition) is 3. The van der Waals surface area contributed by atoms with Crippen molar-refractivity contribution in [2.24, 2.45) is 11.7 Å². The van der Waals surface area contributed by atoms with E-state index < -0.39 is 10.0 Å². The summed E-state index contributed by atoms with van der Waals surface area (Å²) >= 11 is 5.91. The largest absolute Gasteiger partial charge is 0.330 e. The lowest BCUT2D eigenvalue weighted by Gasteiger charge is -2.31. The lowest BCUT2D eigenvalue weighted by molar-refractivity contribution is 0.296. The summed E-state index contributed by atoms with van der Waals surface area (Å²) < 4.78 is 27.9. The van der Waals surface area contributed by atoms with Crippen molar-refractivity contribution in [3.63, 3.8) is 0 Å². The molecule has 0 aromatic heterocycles. The van der Waals surface area contributed by atoms with Gasteiger partial charge in [0.25, 0.3) is 0 Å². The second-order valence-electron chi connectivity index (χ2n) is 5.42. The zero-order chi connectivity index (χ0) is 14.8. The average Bonchev–Trinajstić information content (AvgIpc) is 2.41. The van der Waals surface area contributed by atoms with Crippen molar-refractivity contribution >= 4 is 21.6 Å². The Balaban J connectivity index is 2.24. The molecule has 0 saturated heterocycles. The van der Waals surface area contributed by atoms with Crippen molar-refractivity contribution in [1.82, 2.24) is 4.72 Å². The van der Waals surface area contributed by atoms with Crippen LogP contribution in [0.15, 0.2) is 23.1 Å². The number of hydrogen-bond donors (Lipinski definition) is 2. The molecule has 4 nitrogen and oxygen atoms in total. The summed E-state index contributed by atoms with van der Waals surface area (Å²) in [6.07, 6.45) is 3.99. The normalized spacial score (nSPS) is 23.8. The first-order valence-corrected chi connectivity index (χ1v) is 8.78. The number of aryl methyl sites for hydroxylation is 1. The van der Waals surface area contributed by atoms with Crippen LogP contribution >= 0.6 is 11.6 Å². The summed E-state index contributed by atoms with van der Waals surface area (Å²) in [7, 11) is -3.55. The van der Waals surface area contributed by atoms with Gasteiger partial charge in [0.05, 0.1) is 4.90 Å². The van der Waals surface area contributed by atoms with Crippen LogP contribution in [0.4, 0.5) is 0 Å². The molecule has 3 N–H and O–H groups in total. The van der Waals surface area contributed by atoms with Crippen LogP contribution < -0.4 is 10.5 Å². The quantitative estimate of drug-likeness (QED) is 0.896. The van der Waals surface area contributed by atoms with Crippen molar-refractivity contribution in [3.8, 4) is 0 Å². The number of nitrogens with one attached hydrogen (secondary N) is 1. The van der Waals surface area contributed by atoms with Gasteiger partial charge in [-0.25, -0.2) is 13.1 Å². The molecule has 112 valence electrons. The van der Waals surface area contributed by atoms with E-state index >= 15 is 0 Å². The van der Waals surface area contributed by atoms with Gasteiger partial charge >= 0.3 is 0 Å². The first kappa shape index (κ1) is 15.8. The molecule has 1 aromatic rings. The van der Waals surface area contributed by atoms with Gasteiger partial charge in [-0.15, -0.1) is 0 Å². The third-order valence-electron chi connectivity index (χ3n) is 3.96. The summed E-state index contributed by atoms with van der Waals surface area (Å²) in [5.74, 6) is 0.220. The summed E-state index contributed by atoms with van der Waals surface area (Å²) in [5.41, 5.74) is 6.45. The van der Waals surface area contributed by atoms with Gasteiger partial charge < -0.3 is 5.73 Å². The van der Waals surface area contributed by atoms with E-state index in [2.05, 4.69) is 4.72 Å². The van der Waals surface area contributed by atoms with E-state index in [9.17, 15) is 8.42 Å². The summed E-state index contributed by atoms with van der Waals surface area (Å²) in [6.45, 7) is 2.29. The number of nitrogens with two attached hydrogens (primary N) is 1. The Morgan fingerprint density at radius 1 is 1.35 bits per heavy atom. The van der Waals surface area contributed by atoms with E-state index in [0.29, 0.717) is 17.1 Å². The van der Waals surface area contributed by atoms with Gasteiger partial charge in [0.15, 0.2) is 0 Å². The number of benzene rings is 1. The van der Waals surface area contributed by atoms with Crippen LogP contribution in [0.25, 0.3) is 0 Å². The van der Waals surface area contributed by atoms with Crippen LogP contribution in [0.3, 0.4) is 0 Å². The molecular formula is C14H21ClN2O2S. The van der Waals surface area contributed by atoms with Crippen LogP contribution in [0.2, 0.25) is 5.02 Å². The molecule has 1 aliphatic carbocycles. The van der Waals surface area contributed by atoms with Gasteiger partial charge in [0.2, 0.25) is 10.0 Å². The van der Waals surface area contributed by atoms with E-state index in [-0.39, 0.29) is 16.9 Å². The SMILES string of the molecule is Cc1ccc(Cl)cc1S(=O)(=O)NC1CCCCC1CN. The summed E-state index contributed by atoms with van der Waals surface area (Å²) in [6, 6.07) is 4.84. The van der Waals surface area contributed by atoms with Crippen molar-refractivity contribution < 1.29 is 8.42 Å². The Morgan fingerprint density at radius 3 is 2.75 bits per heavy atom. The van der Waals surface area contributed by atoms with Gasteiger partial charge in [0, 0.05) is 11.1 Å². The smallest absolute Gasteiger partial charge is 0.241 e. The van der Waals surface area contributed by atoms with Crippen molar-refractivity contribution in [2.75, 3.05) is 6.54 Å². The highest BCUT2D eigenvalue weighted by molar-refractivity contribution is 7.89. The lowest BCUT2D eigenvalue weighted by atomic mass is 9.85. The molecule has 1 saturated carbocycles. The Kier molecular flexibility index (Phi) is 5.07. The van der Waals surface area contributed by atoms with E-state index in [1.54, 1.807) is 19.1 Å². The molecule has 0 spiro atoms. The zero-order valence-corrected chi connectivity index (χ0v) is 13.2. The fraction of sp³-hybridized carbons (Fsp3) is 0.571. The van der Waals surface area contributed by atoms with E-state index in [1.807, 2.05) is 0 Å². The molecule has 0 radical (unpaired) electrons. The highest BCUT2D eigenvalue weighted by Crippen LogP contribution is 2.26. The molecule has 0 amide bonds. The molecule has 1 aliphatic rings. The van der Waals surface area contributed by atoms with E-state index in [4.69, 9.17) is 17.3 Å². The Hall–Kier alpha value is -0.620. The van der Waals surface area contributed by atoms with Crippen molar-refractivity contribution in [3.05, 3.63) is 28.8 Å². The second kappa shape index (κ2) is 6.43. The first-order valence-electron chi connectivity index (χ1n) is 6.92. The molecular weight excluding hydrogens is 296 g/mol. The maximum absolute atomic E-state index is 12.5. The predicted octanol–water partition coefficient (Wildman–Crippen LogP) is 2.44. The summed E-state index contributed by atoms with van der Waals surface area (Å²) in [4.78, 5) is 0.256. The molecule has 20 heavy (non-hydrogen) atoms. The number of halogens is 1. The maximum atomic E-state index is 12.5. The molecule has 0 bridgehead atoms. The van der Waals surface area contributed by atoms with Crippen LogP contribution in [0.1, 0.15) is 31.2 Å². The Labute approximate surface area is 125 Å². The molecule has 2 unspecified atom stereocenters. The lowest BCUT2D eigenvalue weighted by Crippen LogP contribution is -2.44. The molecule has 0 aliphatic heterocycles. The highest BCUT2D eigenvalue weighted by atomic mass is 35.5. The fourth-order valence-corrected chi connectivity index (χ4v) is 4.62. The minimum absolute atomic E-state index is 0.0721. The average molecular weight is 317 g/mol. The van der Waals surface area contributed by atoms with Crippen molar-refractivity contribution in [2.45, 2.75) is 43.5 Å². The first-order chi connectivity index (χ1) is 9.44. The maximum Gasteiger partial charge on any atom is 0.241 e. The van der Waals surface area contributed by atoms with Crippen molar-refractivity contribution in [1.29, 1.82) is 0 Å². The fourth-order valence-electron chi connectivity index (χ4n) is 2.77. The van der Waals surface area contributed by atoms with Crippen LogP contribution in [0.5, 0.6) is 0 Å². The Bertz CT molecular complexity index is 575. The topological polar surface area (TPSA) is 72.2 Å². The molecule has 1 fully saturated rings. The van der Waals surface area contributed by atoms with Gasteiger partial charge in [-0.1, -0.05) is 30.5 Å². The molecule has 2 atom stereocenters. The standard InChI is InChI=1S/C14H21ClN2O2S/c1-10-6-7-12(15)8-14(10)20(18,19)17-13-5-3-2-4-11(13)9-16/h6-8,11,13,17H,2-5,9,16H2,1H3. The highest BCUT2D eigenvalue weighted by Gasteiger charge is 2.29. The second-order valence-corrected chi connectivity index (χ2v) is 7.54. The molecule has 1 aromatic carbocycles. The third kappa shape index (κ3) is 3.52. The summed E-state index contributed by atoms with van der Waals surface area (Å²) in [5, 5.41) is 0.426. The van der Waals surface area contributed by atoms with Crippen LogP contribution in [-0.4, -0.2) is 21.0 Å². The minimum atomic E-state index is -3.55. The van der Waals surface area contributed by atoms with E-state index in [0.717, 1.165) is 25.7 Å². The van der Waals surface area contributed by atoms with Gasteiger partial charge in [0.1, 0.15) is 0 Å². The molecule has 0 heterocycles. The minimum Gasteiger partial charge on any atom is -0.330 e. The predicted molar refractivity (Wildman–Crippen MR) is 81.3 cm³/mol. The van der Waals surface area contributed by atoms with Gasteiger partial charge in [-0.3, -0.25) is 0 Å². The Morgan fingerprint density at radius 2 is 2.05 bits per heavy atom. The van der Waals surface area contributed by atoms with Crippen LogP contribution in [-0.2, 0) is 10.0 Å². The van der Waals surface area contributed by atoms with Crippen LogP contribution in [0, 0.1) is 12.8 Å². The number of rotatable bonds is 4. The zero-order valence-electron chi connectivity index (χ0n) is 11.6. The molecule has 6 heteroatoms. The monoisotopic (exact) mass is 316 g/mol. The number of sulfonamides is 1. The van der Waals surface area contributed by atoms with E-state index in [1.165, 1.54) is 6.07 Å².